The molecule has 1 radical (unpaired) electrons. The van der Waals surface area contributed by atoms with Crippen molar-refractivity contribution < 1.29 is 4.74 Å². The van der Waals surface area contributed by atoms with Crippen molar-refractivity contribution in [2.45, 2.75) is 0 Å². The van der Waals surface area contributed by atoms with Crippen LogP contribution in [0.25, 0.3) is 0 Å². The molecule has 1 rings (SSSR count). The molecule has 0 aromatic heterocycles. The normalized spacial score (nSPS) is 7.67. The first-order valence-corrected chi connectivity index (χ1v) is 11.1. The molecule has 0 aliphatic carbocycles. The molecule has 0 amide bonds. The fourth-order valence-corrected chi connectivity index (χ4v) is 0.626. The summed E-state index contributed by atoms with van der Waals surface area (Å²) in [6.07, 6.45) is 0. The Hall–Kier alpha value is 0.746. The van der Waals surface area contributed by atoms with Gasteiger partial charge in [0.25, 0.3) is 0 Å². The maximum atomic E-state index is 4.94. The van der Waals surface area contributed by atoms with Gasteiger partial charge in [-0.2, -0.15) is 0 Å². The fraction of sp³-hybridized carbons (Fsp3) is 0.125. The second kappa shape index (κ2) is 8.35. The monoisotopic (exact) mass is 303 g/mol. The number of ether oxygens (including phenoxy) is 1. The minimum absolute atomic E-state index is 0.0417. The van der Waals surface area contributed by atoms with Crippen LogP contribution in [0.2, 0.25) is 0 Å². The Kier molecular flexibility index (Phi) is 8.87. The third kappa shape index (κ3) is 6.28. The number of methoxy groups -OCH3 is 1. The molecule has 0 fully saturated rings. The van der Waals surface area contributed by atoms with E-state index in [-0.39, 0.29) is 16.0 Å². The third-order valence-electron chi connectivity index (χ3n) is 1.16. The van der Waals surface area contributed by atoms with Gasteiger partial charge in [0.05, 0.1) is 7.11 Å². The van der Waals surface area contributed by atoms with Crippen LogP contribution in [0.15, 0.2) is 24.3 Å². The van der Waals surface area contributed by atoms with Gasteiger partial charge in [0, 0.05) is 0 Å². The standard InChI is InChI=1S/C8H9O.2BrH.Mg/c1-7-3-5-8(9-2)6-4-7;;;/h3-6H,1H2,2H3;2*1H;/q;;;+2/p-2. The molecule has 0 saturated heterocycles. The molecular weight excluding hydrogens is 296 g/mol. The summed E-state index contributed by atoms with van der Waals surface area (Å²) in [6.45, 7) is 3.74. The summed E-state index contributed by atoms with van der Waals surface area (Å²) < 4.78 is 4.94. The Morgan fingerprint density at radius 1 is 1.25 bits per heavy atom. The highest BCUT2D eigenvalue weighted by atomic mass is 79.9. The number of hydrogen-bond acceptors (Lipinski definition) is 1. The minimum Gasteiger partial charge on any atom is -0.497 e. The van der Waals surface area contributed by atoms with Gasteiger partial charge in [-0.15, -0.1) is 0 Å². The highest BCUT2D eigenvalue weighted by Gasteiger charge is 1.85. The van der Waals surface area contributed by atoms with Crippen molar-refractivity contribution in [3.05, 3.63) is 36.8 Å². The minimum atomic E-state index is 0.0417. The molecule has 12 heavy (non-hydrogen) atoms. The first kappa shape index (κ1) is 12.7. The largest absolute Gasteiger partial charge is 0.560 e. The summed E-state index contributed by atoms with van der Waals surface area (Å²) in [6, 6.07) is 7.61. The smallest absolute Gasteiger partial charge is 0.497 e. The predicted molar refractivity (Wildman–Crippen MR) is 61.1 cm³/mol. The Balaban J connectivity index is 0.000000354. The second-order valence-electron chi connectivity index (χ2n) is 1.95. The molecule has 0 heterocycles. The topological polar surface area (TPSA) is 9.23 Å². The number of halogens is 2. The van der Waals surface area contributed by atoms with Crippen LogP contribution < -0.4 is 4.74 Å². The SMILES string of the molecule is [Br][Mg][Br].[CH2]c1ccc(OC)cc1. The van der Waals surface area contributed by atoms with Gasteiger partial charge in [0.2, 0.25) is 0 Å². The average Bonchev–Trinajstić information content (AvgIpc) is 2.07. The van der Waals surface area contributed by atoms with Gasteiger partial charge in [0.15, 0.2) is 0 Å². The van der Waals surface area contributed by atoms with Crippen LogP contribution in [0.1, 0.15) is 5.56 Å². The predicted octanol–water partition coefficient (Wildman–Crippen LogP) is 3.19. The lowest BCUT2D eigenvalue weighted by atomic mass is 10.2. The Morgan fingerprint density at radius 2 is 1.67 bits per heavy atom. The van der Waals surface area contributed by atoms with E-state index in [1.54, 1.807) is 7.11 Å². The summed E-state index contributed by atoms with van der Waals surface area (Å²) in [5, 5.41) is 0. The molecule has 0 aliphatic rings. The van der Waals surface area contributed by atoms with Gasteiger partial charge in [-0.25, -0.2) is 0 Å². The van der Waals surface area contributed by atoms with Gasteiger partial charge < -0.3 is 4.74 Å². The molecule has 0 spiro atoms. The first-order valence-electron chi connectivity index (χ1n) is 3.32. The van der Waals surface area contributed by atoms with E-state index in [1.165, 1.54) is 0 Å². The van der Waals surface area contributed by atoms with Gasteiger partial charge >= 0.3 is 16.0 Å². The number of rotatable bonds is 1. The summed E-state index contributed by atoms with van der Waals surface area (Å²) in [5.74, 6) is 0.877. The molecule has 63 valence electrons. The lowest BCUT2D eigenvalue weighted by Gasteiger charge is -1.97. The van der Waals surface area contributed by atoms with E-state index in [0.717, 1.165) is 11.3 Å². The zero-order valence-corrected chi connectivity index (χ0v) is 11.5. The highest BCUT2D eigenvalue weighted by molar-refractivity contribution is 9.47. The van der Waals surface area contributed by atoms with Crippen molar-refractivity contribution in [3.8, 4) is 5.75 Å². The quantitative estimate of drug-likeness (QED) is 0.724. The lowest BCUT2D eigenvalue weighted by molar-refractivity contribution is 0.415. The van der Waals surface area contributed by atoms with E-state index < -0.39 is 0 Å². The van der Waals surface area contributed by atoms with Crippen LogP contribution in [0.4, 0.5) is 0 Å². The molecule has 0 atom stereocenters. The van der Waals surface area contributed by atoms with Crippen LogP contribution in [0.3, 0.4) is 0 Å². The van der Waals surface area contributed by atoms with Gasteiger partial charge in [-0.1, -0.05) is 12.1 Å². The van der Waals surface area contributed by atoms with Crippen LogP contribution in [0, 0.1) is 6.92 Å². The van der Waals surface area contributed by atoms with Crippen LogP contribution in [-0.2, 0) is 0 Å². The molecule has 0 N–H and O–H groups in total. The lowest BCUT2D eigenvalue weighted by Crippen LogP contribution is -1.80. The van der Waals surface area contributed by atoms with Gasteiger partial charge in [-0.3, -0.25) is 25.8 Å². The maximum Gasteiger partial charge on any atom is 0.560 e. The Bertz CT molecular complexity index is 201. The fourth-order valence-electron chi connectivity index (χ4n) is 0.626. The van der Waals surface area contributed by atoms with E-state index in [0.29, 0.717) is 0 Å². The van der Waals surface area contributed by atoms with E-state index in [1.807, 2.05) is 24.3 Å². The molecule has 1 aromatic rings. The van der Waals surface area contributed by atoms with Crippen molar-refractivity contribution in [2.75, 3.05) is 7.11 Å². The molecular formula is C8H9Br2MgO. The van der Waals surface area contributed by atoms with Crippen LogP contribution >= 0.6 is 25.8 Å². The van der Waals surface area contributed by atoms with E-state index >= 15 is 0 Å². The van der Waals surface area contributed by atoms with Crippen molar-refractivity contribution in [3.63, 3.8) is 0 Å². The van der Waals surface area contributed by atoms with E-state index in [4.69, 9.17) is 4.74 Å². The molecule has 0 bridgehead atoms. The third-order valence-corrected chi connectivity index (χ3v) is 1.16. The van der Waals surface area contributed by atoms with E-state index in [2.05, 4.69) is 32.7 Å². The van der Waals surface area contributed by atoms with Crippen LogP contribution in [0.5, 0.6) is 5.75 Å². The van der Waals surface area contributed by atoms with E-state index in [9.17, 15) is 0 Å². The zero-order chi connectivity index (χ0) is 9.40. The molecule has 0 aliphatic heterocycles. The van der Waals surface area contributed by atoms with Gasteiger partial charge in [0.1, 0.15) is 5.75 Å². The summed E-state index contributed by atoms with van der Waals surface area (Å²) in [5.41, 5.74) is 1.01. The van der Waals surface area contributed by atoms with Gasteiger partial charge in [-0.05, 0) is 24.6 Å². The molecule has 0 saturated carbocycles. The van der Waals surface area contributed by atoms with Crippen LogP contribution in [-0.4, -0.2) is 23.1 Å². The Morgan fingerprint density at radius 3 is 2.00 bits per heavy atom. The summed E-state index contributed by atoms with van der Waals surface area (Å²) in [7, 11) is 1.65. The van der Waals surface area contributed by atoms with Crippen molar-refractivity contribution in [1.29, 1.82) is 0 Å². The average molecular weight is 305 g/mol. The molecule has 0 unspecified atom stereocenters. The highest BCUT2D eigenvalue weighted by Crippen LogP contribution is 2.09. The first-order chi connectivity index (χ1) is 5.74. The number of hydrogen-bond donors (Lipinski definition) is 0. The zero-order valence-electron chi connectivity index (χ0n) is 6.89. The molecule has 1 nitrogen and oxygen atoms in total. The van der Waals surface area contributed by atoms with Crippen molar-refractivity contribution >= 4 is 41.8 Å². The summed E-state index contributed by atoms with van der Waals surface area (Å²) in [4.78, 5) is 0. The van der Waals surface area contributed by atoms with Crippen molar-refractivity contribution in [1.82, 2.24) is 0 Å². The van der Waals surface area contributed by atoms with Crippen molar-refractivity contribution in [2.24, 2.45) is 0 Å². The molecule has 4 heteroatoms. The Labute approximate surface area is 95.3 Å². The molecule has 1 aromatic carbocycles. The number of benzene rings is 1. The second-order valence-corrected chi connectivity index (χ2v) is 10.0. The summed E-state index contributed by atoms with van der Waals surface area (Å²) >= 11 is 6.44. The maximum absolute atomic E-state index is 4.94.